The molecule has 20 heavy (non-hydrogen) atoms. The Morgan fingerprint density at radius 2 is 2.25 bits per heavy atom. The molecule has 0 bridgehead atoms. The second-order valence-electron chi connectivity index (χ2n) is 6.68. The molecule has 0 aromatic carbocycles. The summed E-state index contributed by atoms with van der Waals surface area (Å²) in [5.74, 6) is 0.832. The van der Waals surface area contributed by atoms with E-state index in [0.29, 0.717) is 11.6 Å². The van der Waals surface area contributed by atoms with E-state index in [0.717, 1.165) is 18.2 Å². The third-order valence-corrected chi connectivity index (χ3v) is 4.88. The van der Waals surface area contributed by atoms with Crippen LogP contribution in [0.4, 0.5) is 0 Å². The summed E-state index contributed by atoms with van der Waals surface area (Å²) in [5.41, 5.74) is 1.44. The molecule has 1 aliphatic carbocycles. The molecule has 1 fully saturated rings. The van der Waals surface area contributed by atoms with Crippen molar-refractivity contribution in [3.63, 3.8) is 0 Å². The number of nitrogens with zero attached hydrogens (tertiary/aromatic N) is 2. The summed E-state index contributed by atoms with van der Waals surface area (Å²) < 4.78 is 0. The molecule has 0 radical (unpaired) electrons. The van der Waals surface area contributed by atoms with Gasteiger partial charge in [-0.15, -0.1) is 0 Å². The molecule has 1 heterocycles. The molecule has 0 saturated heterocycles. The van der Waals surface area contributed by atoms with Crippen LogP contribution in [-0.2, 0) is 0 Å². The van der Waals surface area contributed by atoms with E-state index in [1.807, 2.05) is 12.3 Å². The molecule has 1 aliphatic rings. The van der Waals surface area contributed by atoms with E-state index >= 15 is 0 Å². The van der Waals surface area contributed by atoms with Crippen LogP contribution in [0.2, 0.25) is 0 Å². The molecule has 3 atom stereocenters. The number of rotatable bonds is 5. The quantitative estimate of drug-likeness (QED) is 0.894. The van der Waals surface area contributed by atoms with Crippen LogP contribution >= 0.6 is 0 Å². The van der Waals surface area contributed by atoms with Gasteiger partial charge in [0.2, 0.25) is 0 Å². The Hall–Kier alpha value is -0.930. The Kier molecular flexibility index (Phi) is 5.17. The van der Waals surface area contributed by atoms with Gasteiger partial charge in [-0.05, 0) is 51.9 Å². The summed E-state index contributed by atoms with van der Waals surface area (Å²) in [7, 11) is 4.45. The van der Waals surface area contributed by atoms with Gasteiger partial charge in [0, 0.05) is 24.3 Å². The molecule has 1 saturated carbocycles. The third kappa shape index (κ3) is 3.58. The van der Waals surface area contributed by atoms with E-state index in [2.05, 4.69) is 55.3 Å². The van der Waals surface area contributed by atoms with Crippen LogP contribution in [0.5, 0.6) is 0 Å². The standard InChI is InChI=1S/C17H29N3/c1-14-8-7-10-17(12-14,20(3)4)13-19-15(2)16-9-5-6-11-18-16/h5-6,9,11,14-15,19H,7-8,10,12-13H2,1-4H3. The Labute approximate surface area is 123 Å². The highest BCUT2D eigenvalue weighted by Crippen LogP contribution is 2.35. The van der Waals surface area contributed by atoms with Crippen LogP contribution in [0.1, 0.15) is 51.3 Å². The van der Waals surface area contributed by atoms with Crippen molar-refractivity contribution in [3.05, 3.63) is 30.1 Å². The first-order chi connectivity index (χ1) is 9.53. The summed E-state index contributed by atoms with van der Waals surface area (Å²) in [5, 5.41) is 3.71. The van der Waals surface area contributed by atoms with Gasteiger partial charge < -0.3 is 10.2 Å². The smallest absolute Gasteiger partial charge is 0.0570 e. The number of hydrogen-bond acceptors (Lipinski definition) is 3. The number of nitrogens with one attached hydrogen (secondary N) is 1. The fraction of sp³-hybridized carbons (Fsp3) is 0.706. The van der Waals surface area contributed by atoms with Crippen LogP contribution in [-0.4, -0.2) is 36.1 Å². The zero-order valence-corrected chi connectivity index (χ0v) is 13.4. The number of hydrogen-bond donors (Lipinski definition) is 1. The van der Waals surface area contributed by atoms with Crippen LogP contribution in [0.15, 0.2) is 24.4 Å². The predicted molar refractivity (Wildman–Crippen MR) is 84.7 cm³/mol. The summed E-state index contributed by atoms with van der Waals surface area (Å²) in [6.45, 7) is 5.64. The molecule has 0 amide bonds. The average molecular weight is 275 g/mol. The van der Waals surface area contributed by atoms with Gasteiger partial charge in [-0.25, -0.2) is 0 Å². The molecule has 112 valence electrons. The summed E-state index contributed by atoms with van der Waals surface area (Å²) >= 11 is 0. The molecule has 2 rings (SSSR count). The van der Waals surface area contributed by atoms with Crippen molar-refractivity contribution in [3.8, 4) is 0 Å². The highest BCUT2D eigenvalue weighted by atomic mass is 15.2. The van der Waals surface area contributed by atoms with Crippen molar-refractivity contribution >= 4 is 0 Å². The van der Waals surface area contributed by atoms with Gasteiger partial charge >= 0.3 is 0 Å². The van der Waals surface area contributed by atoms with Crippen molar-refractivity contribution in [2.45, 2.75) is 51.1 Å². The van der Waals surface area contributed by atoms with Gasteiger partial charge in [0.25, 0.3) is 0 Å². The second kappa shape index (κ2) is 6.68. The molecule has 1 N–H and O–H groups in total. The lowest BCUT2D eigenvalue weighted by molar-refractivity contribution is 0.0727. The molecule has 3 nitrogen and oxygen atoms in total. The monoisotopic (exact) mass is 275 g/mol. The van der Waals surface area contributed by atoms with E-state index < -0.39 is 0 Å². The Balaban J connectivity index is 1.99. The first-order valence-electron chi connectivity index (χ1n) is 7.85. The van der Waals surface area contributed by atoms with Crippen molar-refractivity contribution in [2.24, 2.45) is 5.92 Å². The van der Waals surface area contributed by atoms with Gasteiger partial charge in [0.15, 0.2) is 0 Å². The highest BCUT2D eigenvalue weighted by molar-refractivity contribution is 5.08. The zero-order chi connectivity index (χ0) is 14.6. The van der Waals surface area contributed by atoms with E-state index in [1.54, 1.807) is 0 Å². The maximum absolute atomic E-state index is 4.45. The van der Waals surface area contributed by atoms with Gasteiger partial charge in [0.1, 0.15) is 0 Å². The normalized spacial score (nSPS) is 28.6. The van der Waals surface area contributed by atoms with E-state index in [1.165, 1.54) is 25.7 Å². The number of pyridine rings is 1. The zero-order valence-electron chi connectivity index (χ0n) is 13.4. The lowest BCUT2D eigenvalue weighted by Gasteiger charge is -2.46. The molecule has 3 unspecified atom stereocenters. The highest BCUT2D eigenvalue weighted by Gasteiger charge is 2.36. The Morgan fingerprint density at radius 1 is 1.45 bits per heavy atom. The average Bonchev–Trinajstić information content (AvgIpc) is 2.45. The molecular weight excluding hydrogens is 246 g/mol. The first-order valence-corrected chi connectivity index (χ1v) is 7.85. The SMILES string of the molecule is CC1CCCC(CNC(C)c2ccccn2)(N(C)C)C1. The maximum atomic E-state index is 4.45. The topological polar surface area (TPSA) is 28.2 Å². The fourth-order valence-electron chi connectivity index (χ4n) is 3.44. The second-order valence-corrected chi connectivity index (χ2v) is 6.68. The molecule has 1 aromatic heterocycles. The Bertz CT molecular complexity index is 404. The first kappa shape index (κ1) is 15.5. The molecule has 3 heteroatoms. The van der Waals surface area contributed by atoms with Crippen molar-refractivity contribution in [2.75, 3.05) is 20.6 Å². The molecule has 1 aromatic rings. The van der Waals surface area contributed by atoms with Gasteiger partial charge in [0.05, 0.1) is 5.69 Å². The van der Waals surface area contributed by atoms with E-state index in [-0.39, 0.29) is 0 Å². The molecule has 0 aliphatic heterocycles. The summed E-state index contributed by atoms with van der Waals surface area (Å²) in [6, 6.07) is 6.44. The largest absolute Gasteiger partial charge is 0.307 e. The van der Waals surface area contributed by atoms with Crippen LogP contribution < -0.4 is 5.32 Å². The van der Waals surface area contributed by atoms with Crippen molar-refractivity contribution < 1.29 is 0 Å². The minimum atomic E-state index is 0.306. The minimum Gasteiger partial charge on any atom is -0.307 e. The number of aromatic nitrogens is 1. The predicted octanol–water partition coefficient (Wildman–Crippen LogP) is 3.24. The van der Waals surface area contributed by atoms with E-state index in [4.69, 9.17) is 0 Å². The van der Waals surface area contributed by atoms with Crippen molar-refractivity contribution in [1.82, 2.24) is 15.2 Å². The van der Waals surface area contributed by atoms with Crippen LogP contribution in [0, 0.1) is 5.92 Å². The fourth-order valence-corrected chi connectivity index (χ4v) is 3.44. The maximum Gasteiger partial charge on any atom is 0.0570 e. The minimum absolute atomic E-state index is 0.306. The van der Waals surface area contributed by atoms with E-state index in [9.17, 15) is 0 Å². The van der Waals surface area contributed by atoms with Crippen LogP contribution in [0.3, 0.4) is 0 Å². The third-order valence-electron chi connectivity index (χ3n) is 4.88. The lowest BCUT2D eigenvalue weighted by Crippen LogP contribution is -2.54. The van der Waals surface area contributed by atoms with Gasteiger partial charge in [-0.3, -0.25) is 4.98 Å². The molecular formula is C17H29N3. The number of likely N-dealkylation sites (N-methyl/N-ethyl adjacent to an activating group) is 1. The molecule has 0 spiro atoms. The lowest BCUT2D eigenvalue weighted by atomic mass is 9.75. The van der Waals surface area contributed by atoms with Crippen molar-refractivity contribution in [1.29, 1.82) is 0 Å². The Morgan fingerprint density at radius 3 is 2.85 bits per heavy atom. The summed E-state index contributed by atoms with van der Waals surface area (Å²) in [4.78, 5) is 6.88. The summed E-state index contributed by atoms with van der Waals surface area (Å²) in [6.07, 6.45) is 7.19. The van der Waals surface area contributed by atoms with Gasteiger partial charge in [-0.1, -0.05) is 25.8 Å². The van der Waals surface area contributed by atoms with Gasteiger partial charge in [-0.2, -0.15) is 0 Å². The van der Waals surface area contributed by atoms with Crippen LogP contribution in [0.25, 0.3) is 0 Å².